The van der Waals surface area contributed by atoms with Crippen molar-refractivity contribution in [2.75, 3.05) is 57.3 Å². The van der Waals surface area contributed by atoms with E-state index in [4.69, 9.17) is 0 Å². The fourth-order valence-corrected chi connectivity index (χ4v) is 2.69. The van der Waals surface area contributed by atoms with E-state index in [0.717, 1.165) is 13.1 Å². The molecule has 1 aromatic rings. The normalized spacial score (nSPS) is 17.1. The molecule has 1 aromatic carbocycles. The lowest BCUT2D eigenvalue weighted by molar-refractivity contribution is 0.206. The molecule has 2 rings (SSSR count). The van der Waals surface area contributed by atoms with E-state index in [9.17, 15) is 0 Å². The molecule has 19 heavy (non-hydrogen) atoms. The summed E-state index contributed by atoms with van der Waals surface area (Å²) in [5.74, 6) is 0. The van der Waals surface area contributed by atoms with Crippen molar-refractivity contribution in [3.05, 3.63) is 30.3 Å². The third-order valence-corrected chi connectivity index (χ3v) is 4.12. The molecular formula is C16H27N3. The standard InChI is InChI=1S/C16H27N3/c1-3-17(4-2)10-11-18-12-14-19(15-13-18)16-8-6-5-7-9-16/h5-9H,3-4,10-15H2,1-2H3. The van der Waals surface area contributed by atoms with E-state index in [1.54, 1.807) is 0 Å². The van der Waals surface area contributed by atoms with Crippen LogP contribution in [0.25, 0.3) is 0 Å². The fraction of sp³-hybridized carbons (Fsp3) is 0.625. The van der Waals surface area contributed by atoms with Crippen LogP contribution >= 0.6 is 0 Å². The van der Waals surface area contributed by atoms with E-state index >= 15 is 0 Å². The van der Waals surface area contributed by atoms with E-state index in [2.05, 4.69) is 58.9 Å². The number of nitrogens with zero attached hydrogens (tertiary/aromatic N) is 3. The zero-order valence-corrected chi connectivity index (χ0v) is 12.4. The molecule has 106 valence electrons. The third-order valence-electron chi connectivity index (χ3n) is 4.12. The average molecular weight is 261 g/mol. The van der Waals surface area contributed by atoms with Crippen molar-refractivity contribution < 1.29 is 0 Å². The predicted molar refractivity (Wildman–Crippen MR) is 82.9 cm³/mol. The first kappa shape index (κ1) is 14.4. The van der Waals surface area contributed by atoms with Gasteiger partial charge in [-0.25, -0.2) is 0 Å². The lowest BCUT2D eigenvalue weighted by atomic mass is 10.2. The summed E-state index contributed by atoms with van der Waals surface area (Å²) in [6.45, 7) is 13.9. The van der Waals surface area contributed by atoms with Crippen molar-refractivity contribution in [2.24, 2.45) is 0 Å². The minimum absolute atomic E-state index is 1.16. The highest BCUT2D eigenvalue weighted by atomic mass is 15.3. The van der Waals surface area contributed by atoms with Crippen LogP contribution in [-0.2, 0) is 0 Å². The van der Waals surface area contributed by atoms with Gasteiger partial charge in [0.15, 0.2) is 0 Å². The van der Waals surface area contributed by atoms with Gasteiger partial charge >= 0.3 is 0 Å². The molecule has 1 aliphatic heterocycles. The molecule has 1 saturated heterocycles. The van der Waals surface area contributed by atoms with E-state index in [0.29, 0.717) is 0 Å². The number of rotatable bonds is 6. The first-order chi connectivity index (χ1) is 9.33. The highest BCUT2D eigenvalue weighted by Gasteiger charge is 2.16. The first-order valence-electron chi connectivity index (χ1n) is 7.58. The van der Waals surface area contributed by atoms with Gasteiger partial charge in [0.2, 0.25) is 0 Å². The summed E-state index contributed by atoms with van der Waals surface area (Å²) < 4.78 is 0. The monoisotopic (exact) mass is 261 g/mol. The van der Waals surface area contributed by atoms with Gasteiger partial charge in [-0.15, -0.1) is 0 Å². The largest absolute Gasteiger partial charge is 0.369 e. The highest BCUT2D eigenvalue weighted by molar-refractivity contribution is 5.46. The number of hydrogen-bond donors (Lipinski definition) is 0. The molecule has 0 saturated carbocycles. The Kier molecular flexibility index (Phi) is 5.67. The van der Waals surface area contributed by atoms with Crippen LogP contribution in [0.2, 0.25) is 0 Å². The molecule has 0 bridgehead atoms. The third kappa shape index (κ3) is 4.22. The van der Waals surface area contributed by atoms with Crippen LogP contribution in [0.1, 0.15) is 13.8 Å². The van der Waals surface area contributed by atoms with Crippen molar-refractivity contribution in [1.29, 1.82) is 0 Å². The molecule has 0 spiro atoms. The highest BCUT2D eigenvalue weighted by Crippen LogP contribution is 2.15. The number of likely N-dealkylation sites (N-methyl/N-ethyl adjacent to an activating group) is 1. The van der Waals surface area contributed by atoms with Gasteiger partial charge in [-0.05, 0) is 25.2 Å². The minimum atomic E-state index is 1.16. The number of hydrogen-bond acceptors (Lipinski definition) is 3. The second-order valence-electron chi connectivity index (χ2n) is 5.19. The van der Waals surface area contributed by atoms with Crippen LogP contribution in [0.3, 0.4) is 0 Å². The number of benzene rings is 1. The average Bonchev–Trinajstić information content (AvgIpc) is 2.50. The maximum Gasteiger partial charge on any atom is 0.0367 e. The van der Waals surface area contributed by atoms with Gasteiger partial charge in [-0.2, -0.15) is 0 Å². The topological polar surface area (TPSA) is 9.72 Å². The van der Waals surface area contributed by atoms with E-state index < -0.39 is 0 Å². The molecule has 0 atom stereocenters. The van der Waals surface area contributed by atoms with Crippen molar-refractivity contribution in [1.82, 2.24) is 9.80 Å². The SMILES string of the molecule is CCN(CC)CCN1CCN(c2ccccc2)CC1. The van der Waals surface area contributed by atoms with Crippen molar-refractivity contribution >= 4 is 5.69 Å². The minimum Gasteiger partial charge on any atom is -0.369 e. The first-order valence-corrected chi connectivity index (χ1v) is 7.58. The van der Waals surface area contributed by atoms with Gasteiger partial charge in [0.1, 0.15) is 0 Å². The Bertz CT molecular complexity index is 340. The molecule has 1 heterocycles. The molecule has 3 nitrogen and oxygen atoms in total. The molecule has 1 fully saturated rings. The molecule has 0 N–H and O–H groups in total. The summed E-state index contributed by atoms with van der Waals surface area (Å²) in [5, 5.41) is 0. The molecule has 3 heteroatoms. The Hall–Kier alpha value is -1.06. The van der Waals surface area contributed by atoms with Crippen LogP contribution in [-0.4, -0.2) is 62.2 Å². The Morgan fingerprint density at radius 3 is 2.16 bits per heavy atom. The molecule has 0 aliphatic carbocycles. The summed E-state index contributed by atoms with van der Waals surface area (Å²) in [7, 11) is 0. The smallest absolute Gasteiger partial charge is 0.0367 e. The van der Waals surface area contributed by atoms with Crippen molar-refractivity contribution in [3.63, 3.8) is 0 Å². The maximum absolute atomic E-state index is 2.60. The molecule has 0 aromatic heterocycles. The van der Waals surface area contributed by atoms with Crippen LogP contribution in [0, 0.1) is 0 Å². The molecule has 1 aliphatic rings. The van der Waals surface area contributed by atoms with Gasteiger partial charge < -0.3 is 9.80 Å². The predicted octanol–water partition coefficient (Wildman–Crippen LogP) is 2.15. The maximum atomic E-state index is 2.60. The van der Waals surface area contributed by atoms with Crippen molar-refractivity contribution in [2.45, 2.75) is 13.8 Å². The fourth-order valence-electron chi connectivity index (χ4n) is 2.69. The Labute approximate surface area is 117 Å². The summed E-state index contributed by atoms with van der Waals surface area (Å²) in [5.41, 5.74) is 1.37. The van der Waals surface area contributed by atoms with Crippen LogP contribution in [0.5, 0.6) is 0 Å². The molecule has 0 unspecified atom stereocenters. The van der Waals surface area contributed by atoms with Gasteiger partial charge in [0.25, 0.3) is 0 Å². The second-order valence-corrected chi connectivity index (χ2v) is 5.19. The van der Waals surface area contributed by atoms with Crippen molar-refractivity contribution in [3.8, 4) is 0 Å². The quantitative estimate of drug-likeness (QED) is 0.777. The molecular weight excluding hydrogens is 234 g/mol. The van der Waals surface area contributed by atoms with Gasteiger partial charge in [-0.3, -0.25) is 4.90 Å². The lowest BCUT2D eigenvalue weighted by Crippen LogP contribution is -2.48. The summed E-state index contributed by atoms with van der Waals surface area (Å²) in [6, 6.07) is 10.8. The summed E-state index contributed by atoms with van der Waals surface area (Å²) in [6.07, 6.45) is 0. The molecule has 0 amide bonds. The Morgan fingerprint density at radius 2 is 1.58 bits per heavy atom. The zero-order chi connectivity index (χ0) is 13.5. The van der Waals surface area contributed by atoms with E-state index in [1.807, 2.05) is 0 Å². The number of para-hydroxylation sites is 1. The van der Waals surface area contributed by atoms with E-state index in [1.165, 1.54) is 45.0 Å². The van der Waals surface area contributed by atoms with Gasteiger partial charge in [0.05, 0.1) is 0 Å². The van der Waals surface area contributed by atoms with Crippen LogP contribution in [0.15, 0.2) is 30.3 Å². The summed E-state index contributed by atoms with van der Waals surface area (Å²) >= 11 is 0. The number of anilines is 1. The Balaban J connectivity index is 1.74. The van der Waals surface area contributed by atoms with Gasteiger partial charge in [0, 0.05) is 45.0 Å². The van der Waals surface area contributed by atoms with Crippen LogP contribution < -0.4 is 4.90 Å². The van der Waals surface area contributed by atoms with Gasteiger partial charge in [-0.1, -0.05) is 32.0 Å². The number of piperazine rings is 1. The zero-order valence-electron chi connectivity index (χ0n) is 12.4. The second kappa shape index (κ2) is 7.51. The van der Waals surface area contributed by atoms with Crippen LogP contribution in [0.4, 0.5) is 5.69 Å². The molecule has 0 radical (unpaired) electrons. The van der Waals surface area contributed by atoms with E-state index in [-0.39, 0.29) is 0 Å². The lowest BCUT2D eigenvalue weighted by Gasteiger charge is -2.36. The summed E-state index contributed by atoms with van der Waals surface area (Å²) in [4.78, 5) is 7.59. The Morgan fingerprint density at radius 1 is 0.947 bits per heavy atom.